The van der Waals surface area contributed by atoms with E-state index in [4.69, 9.17) is 10.5 Å². The van der Waals surface area contributed by atoms with E-state index in [9.17, 15) is 4.79 Å². The number of aromatic nitrogens is 2. The van der Waals surface area contributed by atoms with E-state index in [1.807, 2.05) is 0 Å². The van der Waals surface area contributed by atoms with Crippen LogP contribution in [-0.4, -0.2) is 41.2 Å². The normalized spacial score (nSPS) is 27.4. The Morgan fingerprint density at radius 1 is 1.50 bits per heavy atom. The largest absolute Gasteiger partial charge is 0.374 e. The highest BCUT2D eigenvalue weighted by molar-refractivity contribution is 5.92. The van der Waals surface area contributed by atoms with Gasteiger partial charge in [0.1, 0.15) is 0 Å². The summed E-state index contributed by atoms with van der Waals surface area (Å²) in [4.78, 5) is 21.3. The standard InChI is InChI=1S/C10H12N4O2/c11-9(15)6-2-12-10(13-3-6)14-4-8-1-7(14)5-16-8/h2-3,7-8H,1,4-5H2,(H2,11,15)/t7-,8-/m0/s1. The predicted octanol–water partition coefficient (Wildman–Crippen LogP) is -0.447. The molecule has 0 radical (unpaired) electrons. The lowest BCUT2D eigenvalue weighted by molar-refractivity contribution is 0.0982. The molecule has 2 aliphatic rings. The van der Waals surface area contributed by atoms with Gasteiger partial charge in [-0.15, -0.1) is 0 Å². The fourth-order valence-corrected chi connectivity index (χ4v) is 2.24. The van der Waals surface area contributed by atoms with E-state index in [2.05, 4.69) is 14.9 Å². The molecule has 2 aliphatic heterocycles. The second-order valence-corrected chi connectivity index (χ2v) is 4.13. The summed E-state index contributed by atoms with van der Waals surface area (Å²) in [5.41, 5.74) is 5.46. The molecule has 0 aromatic carbocycles. The fourth-order valence-electron chi connectivity index (χ4n) is 2.24. The average molecular weight is 220 g/mol. The number of nitrogens with zero attached hydrogens (tertiary/aromatic N) is 3. The molecule has 1 aromatic heterocycles. The van der Waals surface area contributed by atoms with Gasteiger partial charge in [0, 0.05) is 18.9 Å². The van der Waals surface area contributed by atoms with E-state index in [1.165, 1.54) is 12.4 Å². The van der Waals surface area contributed by atoms with Crippen LogP contribution in [0.2, 0.25) is 0 Å². The zero-order valence-corrected chi connectivity index (χ0v) is 8.67. The molecule has 1 aromatic rings. The molecule has 3 rings (SSSR count). The minimum atomic E-state index is -0.502. The number of anilines is 1. The fraction of sp³-hybridized carbons (Fsp3) is 0.500. The Morgan fingerprint density at radius 2 is 2.25 bits per heavy atom. The van der Waals surface area contributed by atoms with Crippen LogP contribution in [0.15, 0.2) is 12.4 Å². The van der Waals surface area contributed by atoms with E-state index in [0.29, 0.717) is 23.7 Å². The lowest BCUT2D eigenvalue weighted by Gasteiger charge is -2.26. The number of rotatable bonds is 2. The van der Waals surface area contributed by atoms with Crippen LogP contribution < -0.4 is 10.6 Å². The van der Waals surface area contributed by atoms with Gasteiger partial charge >= 0.3 is 0 Å². The number of morpholine rings is 1. The number of primary amides is 1. The van der Waals surface area contributed by atoms with Gasteiger partial charge in [0.05, 0.1) is 24.3 Å². The highest BCUT2D eigenvalue weighted by Gasteiger charge is 2.40. The Kier molecular flexibility index (Phi) is 2.03. The minimum absolute atomic E-state index is 0.310. The van der Waals surface area contributed by atoms with E-state index >= 15 is 0 Å². The van der Waals surface area contributed by atoms with E-state index in [-0.39, 0.29) is 0 Å². The predicted molar refractivity (Wildman–Crippen MR) is 56.0 cm³/mol. The Morgan fingerprint density at radius 3 is 2.75 bits per heavy atom. The van der Waals surface area contributed by atoms with Crippen molar-refractivity contribution in [3.63, 3.8) is 0 Å². The first-order valence-electron chi connectivity index (χ1n) is 5.24. The Labute approximate surface area is 92.4 Å². The third-order valence-electron chi connectivity index (χ3n) is 3.08. The van der Waals surface area contributed by atoms with E-state index < -0.39 is 5.91 Å². The lowest BCUT2D eigenvalue weighted by atomic mass is 10.2. The van der Waals surface area contributed by atoms with Crippen molar-refractivity contribution in [2.24, 2.45) is 5.73 Å². The topological polar surface area (TPSA) is 81.3 Å². The smallest absolute Gasteiger partial charge is 0.251 e. The molecule has 2 atom stereocenters. The quantitative estimate of drug-likeness (QED) is 0.730. The molecule has 0 unspecified atom stereocenters. The highest BCUT2D eigenvalue weighted by atomic mass is 16.5. The first kappa shape index (κ1) is 9.53. The molecule has 6 heteroatoms. The molecular formula is C10H12N4O2. The Bertz CT molecular complexity index is 419. The Balaban J connectivity index is 1.82. The van der Waals surface area contributed by atoms with Crippen molar-refractivity contribution in [3.05, 3.63) is 18.0 Å². The molecule has 2 N–H and O–H groups in total. The van der Waals surface area contributed by atoms with Crippen LogP contribution in [0.1, 0.15) is 16.8 Å². The molecule has 2 bridgehead atoms. The van der Waals surface area contributed by atoms with Gasteiger partial charge in [-0.05, 0) is 6.42 Å². The van der Waals surface area contributed by atoms with Gasteiger partial charge in [-0.3, -0.25) is 4.79 Å². The number of fused-ring (bicyclic) bond motifs is 2. The molecule has 3 heterocycles. The van der Waals surface area contributed by atoms with Gasteiger partial charge in [0.25, 0.3) is 5.91 Å². The second kappa shape index (κ2) is 3.41. The van der Waals surface area contributed by atoms with Crippen molar-refractivity contribution >= 4 is 11.9 Å². The SMILES string of the molecule is NC(=O)c1cnc(N2C[C@@H]3C[C@H]2CO3)nc1. The van der Waals surface area contributed by atoms with Crippen LogP contribution in [0.4, 0.5) is 5.95 Å². The van der Waals surface area contributed by atoms with E-state index in [1.54, 1.807) is 0 Å². The van der Waals surface area contributed by atoms with Crippen LogP contribution in [0.3, 0.4) is 0 Å². The monoisotopic (exact) mass is 220 g/mol. The van der Waals surface area contributed by atoms with Gasteiger partial charge in [-0.25, -0.2) is 9.97 Å². The summed E-state index contributed by atoms with van der Waals surface area (Å²) in [6.07, 6.45) is 4.29. The number of amides is 1. The molecule has 2 saturated heterocycles. The number of carbonyl (C=O) groups is 1. The van der Waals surface area contributed by atoms with Crippen LogP contribution in [0.5, 0.6) is 0 Å². The van der Waals surface area contributed by atoms with Crippen molar-refractivity contribution in [3.8, 4) is 0 Å². The van der Waals surface area contributed by atoms with Gasteiger partial charge < -0.3 is 15.4 Å². The second-order valence-electron chi connectivity index (χ2n) is 4.13. The van der Waals surface area contributed by atoms with Crippen LogP contribution >= 0.6 is 0 Å². The molecule has 84 valence electrons. The van der Waals surface area contributed by atoms with Gasteiger partial charge in [0.15, 0.2) is 0 Å². The van der Waals surface area contributed by atoms with Crippen molar-refractivity contribution in [1.29, 1.82) is 0 Å². The first-order chi connectivity index (χ1) is 7.74. The molecular weight excluding hydrogens is 208 g/mol. The van der Waals surface area contributed by atoms with E-state index in [0.717, 1.165) is 19.6 Å². The molecule has 0 spiro atoms. The summed E-state index contributed by atoms with van der Waals surface area (Å²) < 4.78 is 5.49. The maximum Gasteiger partial charge on any atom is 0.251 e. The number of ether oxygens (including phenoxy) is 1. The molecule has 2 fully saturated rings. The van der Waals surface area contributed by atoms with Crippen LogP contribution in [0.25, 0.3) is 0 Å². The summed E-state index contributed by atoms with van der Waals surface area (Å²) in [5.74, 6) is 0.152. The molecule has 0 aliphatic carbocycles. The zero-order valence-electron chi connectivity index (χ0n) is 8.67. The number of nitrogens with two attached hydrogens (primary N) is 1. The first-order valence-corrected chi connectivity index (χ1v) is 5.24. The lowest BCUT2D eigenvalue weighted by Crippen LogP contribution is -2.38. The Hall–Kier alpha value is -1.69. The third-order valence-corrected chi connectivity index (χ3v) is 3.08. The van der Waals surface area contributed by atoms with Crippen molar-refractivity contribution < 1.29 is 9.53 Å². The number of carbonyl (C=O) groups excluding carboxylic acids is 1. The zero-order chi connectivity index (χ0) is 11.1. The maximum absolute atomic E-state index is 10.9. The number of hydrogen-bond acceptors (Lipinski definition) is 5. The van der Waals surface area contributed by atoms with Crippen LogP contribution in [-0.2, 0) is 4.74 Å². The van der Waals surface area contributed by atoms with Gasteiger partial charge in [-0.2, -0.15) is 0 Å². The summed E-state index contributed by atoms with van der Waals surface area (Å²) in [5, 5.41) is 0. The summed E-state index contributed by atoms with van der Waals surface area (Å²) >= 11 is 0. The van der Waals surface area contributed by atoms with Gasteiger partial charge in [0.2, 0.25) is 5.95 Å². The van der Waals surface area contributed by atoms with Crippen molar-refractivity contribution in [1.82, 2.24) is 9.97 Å². The minimum Gasteiger partial charge on any atom is -0.374 e. The summed E-state index contributed by atoms with van der Waals surface area (Å²) in [7, 11) is 0. The molecule has 16 heavy (non-hydrogen) atoms. The van der Waals surface area contributed by atoms with Crippen molar-refractivity contribution in [2.75, 3.05) is 18.1 Å². The average Bonchev–Trinajstić information content (AvgIpc) is 2.91. The van der Waals surface area contributed by atoms with Gasteiger partial charge in [-0.1, -0.05) is 0 Å². The molecule has 0 saturated carbocycles. The van der Waals surface area contributed by atoms with Crippen LogP contribution in [0, 0.1) is 0 Å². The van der Waals surface area contributed by atoms with Crippen molar-refractivity contribution in [2.45, 2.75) is 18.6 Å². The summed E-state index contributed by atoms with van der Waals surface area (Å²) in [6, 6.07) is 0.379. The highest BCUT2D eigenvalue weighted by Crippen LogP contribution is 2.30. The summed E-state index contributed by atoms with van der Waals surface area (Å²) in [6.45, 7) is 1.58. The maximum atomic E-state index is 10.9. The number of hydrogen-bond donors (Lipinski definition) is 1. The molecule has 6 nitrogen and oxygen atoms in total. The third kappa shape index (κ3) is 1.42. The molecule has 1 amide bonds.